The predicted molar refractivity (Wildman–Crippen MR) is 309 cm³/mol. The van der Waals surface area contributed by atoms with Crippen LogP contribution >= 0.6 is 0 Å². The first-order chi connectivity index (χ1) is 36.2. The molecule has 0 aliphatic carbocycles. The highest BCUT2D eigenvalue weighted by molar-refractivity contribution is 6.12. The number of benzene rings is 12. The van der Waals surface area contributed by atoms with Crippen LogP contribution in [0.5, 0.6) is 0 Å². The van der Waals surface area contributed by atoms with Crippen LogP contribution in [-0.2, 0) is 0 Å². The number of nitrogens with zero attached hydrogens (tertiary/aromatic N) is 3. The number of anilines is 3. The highest BCUT2D eigenvalue weighted by Crippen LogP contribution is 2.43. The Balaban J connectivity index is 0.932. The molecule has 0 aliphatic heterocycles. The van der Waals surface area contributed by atoms with Crippen LogP contribution in [0.25, 0.3) is 110 Å². The summed E-state index contributed by atoms with van der Waals surface area (Å²) in [4.78, 5) is 2.39. The first-order valence-corrected chi connectivity index (χ1v) is 25.1. The van der Waals surface area contributed by atoms with Gasteiger partial charge in [-0.3, -0.25) is 0 Å². The molecule has 0 atom stereocenters. The Hall–Kier alpha value is -9.70. The van der Waals surface area contributed by atoms with E-state index in [4.69, 9.17) is 0 Å². The molecule has 0 spiro atoms. The molecule has 2 aromatic heterocycles. The van der Waals surface area contributed by atoms with E-state index < -0.39 is 0 Å². The van der Waals surface area contributed by atoms with Crippen LogP contribution in [0, 0.1) is 0 Å². The molecule has 3 nitrogen and oxygen atoms in total. The molecule has 0 amide bonds. The Labute approximate surface area is 424 Å². The monoisotopic (exact) mass is 929 g/mol. The molecule has 0 aliphatic rings. The van der Waals surface area contributed by atoms with Crippen LogP contribution in [0.3, 0.4) is 0 Å². The van der Waals surface area contributed by atoms with Gasteiger partial charge in [0.1, 0.15) is 0 Å². The Morgan fingerprint density at radius 1 is 0.219 bits per heavy atom. The van der Waals surface area contributed by atoms with Crippen molar-refractivity contribution < 1.29 is 0 Å². The van der Waals surface area contributed by atoms with Gasteiger partial charge < -0.3 is 14.0 Å². The Morgan fingerprint density at radius 3 is 1.11 bits per heavy atom. The van der Waals surface area contributed by atoms with Gasteiger partial charge >= 0.3 is 0 Å². The molecule has 3 heteroatoms. The third kappa shape index (κ3) is 7.37. The normalized spacial score (nSPS) is 11.6. The standard InChI is InChI=1S/C70H47N3/c1-4-17-48(18-5-1)49-31-37-59(38-32-49)71(66-30-16-20-51-19-10-11-25-61(51)66)60-39-33-50(34-40-60)54-43-55(52-35-41-69-64(46-52)62-26-12-14-28-67(62)72(69)57-21-6-2-7-22-57)45-56(44-54)53-36-42-70-65(47-53)63-27-13-15-29-68(63)73(70)58-23-8-3-9-24-58/h1-47H. The lowest BCUT2D eigenvalue weighted by Gasteiger charge is -2.27. The first kappa shape index (κ1) is 42.2. The second kappa shape index (κ2) is 17.6. The van der Waals surface area contributed by atoms with Crippen molar-refractivity contribution in [2.75, 3.05) is 4.90 Å². The average molecular weight is 930 g/mol. The Morgan fingerprint density at radius 2 is 0.589 bits per heavy atom. The third-order valence-corrected chi connectivity index (χ3v) is 14.7. The van der Waals surface area contributed by atoms with E-state index in [2.05, 4.69) is 299 Å². The van der Waals surface area contributed by atoms with Gasteiger partial charge in [-0.15, -0.1) is 0 Å². The number of hydrogen-bond donors (Lipinski definition) is 0. The fourth-order valence-electron chi connectivity index (χ4n) is 11.2. The second-order valence-corrected chi connectivity index (χ2v) is 18.9. The summed E-state index contributed by atoms with van der Waals surface area (Å²) in [5.41, 5.74) is 19.8. The summed E-state index contributed by atoms with van der Waals surface area (Å²) in [6.07, 6.45) is 0. The predicted octanol–water partition coefficient (Wildman–Crippen LogP) is 19.2. The summed E-state index contributed by atoms with van der Waals surface area (Å²) >= 11 is 0. The zero-order chi connectivity index (χ0) is 48.2. The lowest BCUT2D eigenvalue weighted by Crippen LogP contribution is -2.10. The van der Waals surface area contributed by atoms with Crippen LogP contribution < -0.4 is 4.90 Å². The van der Waals surface area contributed by atoms with Crippen LogP contribution in [0.2, 0.25) is 0 Å². The lowest BCUT2D eigenvalue weighted by molar-refractivity contribution is 1.18. The van der Waals surface area contributed by atoms with Gasteiger partial charge in [-0.2, -0.15) is 0 Å². The molecule has 14 rings (SSSR count). The van der Waals surface area contributed by atoms with Gasteiger partial charge in [-0.1, -0.05) is 176 Å². The summed E-state index contributed by atoms with van der Waals surface area (Å²) in [5, 5.41) is 7.34. The summed E-state index contributed by atoms with van der Waals surface area (Å²) in [7, 11) is 0. The van der Waals surface area contributed by atoms with Crippen molar-refractivity contribution >= 4 is 71.4 Å². The summed E-state index contributed by atoms with van der Waals surface area (Å²) < 4.78 is 4.77. The topological polar surface area (TPSA) is 13.1 Å². The number of para-hydroxylation sites is 4. The van der Waals surface area contributed by atoms with Crippen molar-refractivity contribution in [3.63, 3.8) is 0 Å². The number of rotatable bonds is 9. The van der Waals surface area contributed by atoms with Gasteiger partial charge in [0.2, 0.25) is 0 Å². The zero-order valence-electron chi connectivity index (χ0n) is 40.0. The maximum absolute atomic E-state index is 2.39. The summed E-state index contributed by atoms with van der Waals surface area (Å²) in [6, 6.07) is 104. The lowest BCUT2D eigenvalue weighted by atomic mass is 9.92. The Bertz CT molecular complexity index is 4160. The van der Waals surface area contributed by atoms with Crippen LogP contribution in [0.15, 0.2) is 285 Å². The molecule has 0 unspecified atom stereocenters. The first-order valence-electron chi connectivity index (χ1n) is 25.1. The van der Waals surface area contributed by atoms with Crippen molar-refractivity contribution in [1.29, 1.82) is 0 Å². The fraction of sp³-hybridized carbons (Fsp3) is 0. The minimum absolute atomic E-state index is 1.09. The molecule has 0 saturated carbocycles. The average Bonchev–Trinajstić information content (AvgIpc) is 4.00. The zero-order valence-corrected chi connectivity index (χ0v) is 40.0. The van der Waals surface area contributed by atoms with E-state index in [0.717, 1.165) is 50.7 Å². The van der Waals surface area contributed by atoms with E-state index in [9.17, 15) is 0 Å². The van der Waals surface area contributed by atoms with Crippen molar-refractivity contribution in [3.05, 3.63) is 285 Å². The molecular formula is C70H47N3. The van der Waals surface area contributed by atoms with Crippen LogP contribution in [-0.4, -0.2) is 9.13 Å². The summed E-state index contributed by atoms with van der Waals surface area (Å²) in [6.45, 7) is 0. The van der Waals surface area contributed by atoms with E-state index >= 15 is 0 Å². The number of hydrogen-bond acceptors (Lipinski definition) is 1. The van der Waals surface area contributed by atoms with Gasteiger partial charge in [0.15, 0.2) is 0 Å². The molecule has 14 aromatic rings. The minimum Gasteiger partial charge on any atom is -0.310 e. The minimum atomic E-state index is 1.09. The highest BCUT2D eigenvalue weighted by Gasteiger charge is 2.19. The molecule has 12 aromatic carbocycles. The van der Waals surface area contributed by atoms with E-state index in [1.165, 1.54) is 76.6 Å². The van der Waals surface area contributed by atoms with E-state index in [-0.39, 0.29) is 0 Å². The maximum Gasteiger partial charge on any atom is 0.0541 e. The van der Waals surface area contributed by atoms with Crippen molar-refractivity contribution in [2.24, 2.45) is 0 Å². The SMILES string of the molecule is c1ccc(-c2ccc(N(c3ccc(-c4cc(-c5ccc6c(c5)c5ccccc5n6-c5ccccc5)cc(-c5ccc6c(c5)c5ccccc5n6-c5ccccc5)c4)cc3)c3cccc4ccccc34)cc2)cc1. The van der Waals surface area contributed by atoms with Crippen molar-refractivity contribution in [3.8, 4) is 55.9 Å². The molecule has 0 radical (unpaired) electrons. The summed E-state index contributed by atoms with van der Waals surface area (Å²) in [5.74, 6) is 0. The number of fused-ring (bicyclic) bond motifs is 7. The van der Waals surface area contributed by atoms with Gasteiger partial charge in [-0.05, 0) is 159 Å². The molecule has 0 N–H and O–H groups in total. The molecule has 2 heterocycles. The van der Waals surface area contributed by atoms with E-state index in [0.29, 0.717) is 0 Å². The van der Waals surface area contributed by atoms with Gasteiger partial charge in [0.05, 0.1) is 27.8 Å². The van der Waals surface area contributed by atoms with Gasteiger partial charge in [0.25, 0.3) is 0 Å². The number of aromatic nitrogens is 2. The molecule has 0 saturated heterocycles. The van der Waals surface area contributed by atoms with Crippen molar-refractivity contribution in [2.45, 2.75) is 0 Å². The molecule has 0 fully saturated rings. The van der Waals surface area contributed by atoms with Gasteiger partial charge in [0, 0.05) is 49.7 Å². The third-order valence-electron chi connectivity index (χ3n) is 14.7. The quantitative estimate of drug-likeness (QED) is 0.141. The van der Waals surface area contributed by atoms with E-state index in [1.807, 2.05) is 0 Å². The van der Waals surface area contributed by atoms with Crippen molar-refractivity contribution in [1.82, 2.24) is 9.13 Å². The highest BCUT2D eigenvalue weighted by atomic mass is 15.1. The second-order valence-electron chi connectivity index (χ2n) is 18.9. The molecule has 73 heavy (non-hydrogen) atoms. The van der Waals surface area contributed by atoms with Crippen LogP contribution in [0.4, 0.5) is 17.1 Å². The molecule has 0 bridgehead atoms. The largest absolute Gasteiger partial charge is 0.310 e. The van der Waals surface area contributed by atoms with Crippen LogP contribution in [0.1, 0.15) is 0 Å². The smallest absolute Gasteiger partial charge is 0.0541 e. The molecular weight excluding hydrogens is 883 g/mol. The van der Waals surface area contributed by atoms with E-state index in [1.54, 1.807) is 0 Å². The van der Waals surface area contributed by atoms with Gasteiger partial charge in [-0.25, -0.2) is 0 Å². The maximum atomic E-state index is 2.39. The Kier molecular flexibility index (Phi) is 10.2. The molecule has 342 valence electrons. The fourth-order valence-corrected chi connectivity index (χ4v) is 11.2.